The van der Waals surface area contributed by atoms with Crippen LogP contribution >= 0.6 is 0 Å². The first-order chi connectivity index (χ1) is 5.37. The summed E-state index contributed by atoms with van der Waals surface area (Å²) in [7, 11) is 0. The Hall–Kier alpha value is -0.250. The molecule has 0 aromatic heterocycles. The minimum Gasteiger partial charge on any atom is -0.390 e. The van der Waals surface area contributed by atoms with Crippen LogP contribution in [0.4, 0.5) is 13.2 Å². The molecule has 0 aromatic carbocycles. The van der Waals surface area contributed by atoms with E-state index in [0.717, 1.165) is 0 Å². The standard InChI is InChI=1S/C9H17F3O/c1-7(2,3)6(8(4,5)13)9(10,11)12/h6,13H,1-5H3. The van der Waals surface area contributed by atoms with Crippen LogP contribution in [0.3, 0.4) is 0 Å². The Kier molecular flexibility index (Phi) is 3.09. The van der Waals surface area contributed by atoms with Gasteiger partial charge in [0.15, 0.2) is 0 Å². The van der Waals surface area contributed by atoms with Gasteiger partial charge in [-0.1, -0.05) is 20.8 Å². The maximum Gasteiger partial charge on any atom is 0.395 e. The van der Waals surface area contributed by atoms with E-state index in [1.54, 1.807) is 0 Å². The molecule has 1 nitrogen and oxygen atoms in total. The van der Waals surface area contributed by atoms with Gasteiger partial charge in [-0.25, -0.2) is 0 Å². The summed E-state index contributed by atoms with van der Waals surface area (Å²) in [5.41, 5.74) is -2.73. The van der Waals surface area contributed by atoms with E-state index in [4.69, 9.17) is 0 Å². The maximum absolute atomic E-state index is 12.6. The number of alkyl halides is 3. The molecule has 0 aliphatic carbocycles. The van der Waals surface area contributed by atoms with E-state index >= 15 is 0 Å². The summed E-state index contributed by atoms with van der Waals surface area (Å²) in [6, 6.07) is 0. The van der Waals surface area contributed by atoms with Crippen molar-refractivity contribution in [3.8, 4) is 0 Å². The number of halogens is 3. The second kappa shape index (κ2) is 3.15. The summed E-state index contributed by atoms with van der Waals surface area (Å²) in [6.07, 6.45) is -4.36. The van der Waals surface area contributed by atoms with E-state index in [2.05, 4.69) is 0 Å². The van der Waals surface area contributed by atoms with Crippen LogP contribution in [0.5, 0.6) is 0 Å². The number of hydrogen-bond acceptors (Lipinski definition) is 1. The van der Waals surface area contributed by atoms with E-state index in [0.29, 0.717) is 0 Å². The molecular weight excluding hydrogens is 181 g/mol. The van der Waals surface area contributed by atoms with Crippen LogP contribution in [0.1, 0.15) is 34.6 Å². The number of aliphatic hydroxyl groups is 1. The number of rotatable bonds is 1. The smallest absolute Gasteiger partial charge is 0.390 e. The van der Waals surface area contributed by atoms with Crippen molar-refractivity contribution in [2.45, 2.75) is 46.4 Å². The molecular formula is C9H17F3O. The van der Waals surface area contributed by atoms with Gasteiger partial charge in [-0.05, 0) is 19.3 Å². The van der Waals surface area contributed by atoms with Crippen LogP contribution in [0.25, 0.3) is 0 Å². The van der Waals surface area contributed by atoms with Crippen LogP contribution in [0.15, 0.2) is 0 Å². The lowest BCUT2D eigenvalue weighted by atomic mass is 9.71. The van der Waals surface area contributed by atoms with Gasteiger partial charge in [0.1, 0.15) is 0 Å². The summed E-state index contributed by atoms with van der Waals surface area (Å²) < 4.78 is 37.7. The molecule has 0 aliphatic rings. The van der Waals surface area contributed by atoms with Gasteiger partial charge in [-0.3, -0.25) is 0 Å². The van der Waals surface area contributed by atoms with Crippen LogP contribution in [0, 0.1) is 11.3 Å². The predicted molar refractivity (Wildman–Crippen MR) is 45.3 cm³/mol. The fourth-order valence-electron chi connectivity index (χ4n) is 1.95. The molecule has 4 heteroatoms. The lowest BCUT2D eigenvalue weighted by Crippen LogP contribution is -2.48. The summed E-state index contributed by atoms with van der Waals surface area (Å²) in [5.74, 6) is -1.72. The second-order valence-electron chi connectivity index (χ2n) is 4.99. The van der Waals surface area contributed by atoms with E-state index in [-0.39, 0.29) is 0 Å². The van der Waals surface area contributed by atoms with Crippen LogP contribution in [-0.2, 0) is 0 Å². The van der Waals surface area contributed by atoms with E-state index < -0.39 is 23.1 Å². The molecule has 0 aromatic rings. The quantitative estimate of drug-likeness (QED) is 0.686. The van der Waals surface area contributed by atoms with Crippen molar-refractivity contribution in [3.63, 3.8) is 0 Å². The minimum absolute atomic E-state index is 0.990. The molecule has 0 saturated carbocycles. The highest BCUT2D eigenvalue weighted by atomic mass is 19.4. The van der Waals surface area contributed by atoms with Gasteiger partial charge in [0.05, 0.1) is 11.5 Å². The molecule has 0 rings (SSSR count). The Bertz CT molecular complexity index is 137. The highest BCUT2D eigenvalue weighted by Gasteiger charge is 2.54. The molecule has 0 heterocycles. The van der Waals surface area contributed by atoms with Crippen LogP contribution < -0.4 is 0 Å². The molecule has 0 spiro atoms. The van der Waals surface area contributed by atoms with Crippen molar-refractivity contribution in [1.29, 1.82) is 0 Å². The van der Waals surface area contributed by atoms with Gasteiger partial charge in [-0.2, -0.15) is 13.2 Å². The molecule has 0 bridgehead atoms. The third kappa shape index (κ3) is 3.55. The maximum atomic E-state index is 12.6. The lowest BCUT2D eigenvalue weighted by Gasteiger charge is -2.40. The Morgan fingerprint density at radius 3 is 1.23 bits per heavy atom. The molecule has 1 atom stereocenters. The van der Waals surface area contributed by atoms with Gasteiger partial charge in [0, 0.05) is 0 Å². The van der Waals surface area contributed by atoms with E-state index in [9.17, 15) is 18.3 Å². The van der Waals surface area contributed by atoms with Crippen molar-refractivity contribution in [1.82, 2.24) is 0 Å². The fraction of sp³-hybridized carbons (Fsp3) is 1.00. The van der Waals surface area contributed by atoms with Crippen molar-refractivity contribution in [3.05, 3.63) is 0 Å². The monoisotopic (exact) mass is 198 g/mol. The average Bonchev–Trinajstić information content (AvgIpc) is 1.44. The second-order valence-corrected chi connectivity index (χ2v) is 4.99. The molecule has 13 heavy (non-hydrogen) atoms. The summed E-state index contributed by atoms with van der Waals surface area (Å²) in [6.45, 7) is 6.81. The molecule has 0 radical (unpaired) electrons. The minimum atomic E-state index is -4.36. The fourth-order valence-corrected chi connectivity index (χ4v) is 1.95. The average molecular weight is 198 g/mol. The summed E-state index contributed by atoms with van der Waals surface area (Å²) >= 11 is 0. The Labute approximate surface area is 76.9 Å². The first kappa shape index (κ1) is 12.8. The first-order valence-corrected chi connectivity index (χ1v) is 4.16. The molecule has 80 valence electrons. The van der Waals surface area contributed by atoms with Gasteiger partial charge < -0.3 is 5.11 Å². The third-order valence-electron chi connectivity index (χ3n) is 1.90. The molecule has 0 amide bonds. The van der Waals surface area contributed by atoms with Gasteiger partial charge in [0.25, 0.3) is 0 Å². The summed E-state index contributed by atoms with van der Waals surface area (Å²) in [5, 5.41) is 9.43. The largest absolute Gasteiger partial charge is 0.395 e. The Morgan fingerprint density at radius 2 is 1.23 bits per heavy atom. The SMILES string of the molecule is CC(C)(C)C(C(C)(C)O)C(F)(F)F. The highest BCUT2D eigenvalue weighted by Crippen LogP contribution is 2.45. The van der Waals surface area contributed by atoms with Gasteiger partial charge in [-0.15, -0.1) is 0 Å². The summed E-state index contributed by atoms with van der Waals surface area (Å²) in [4.78, 5) is 0. The molecule has 0 aliphatic heterocycles. The molecule has 1 unspecified atom stereocenters. The topological polar surface area (TPSA) is 20.2 Å². The van der Waals surface area contributed by atoms with E-state index in [1.165, 1.54) is 34.6 Å². The normalized spacial score (nSPS) is 17.3. The zero-order valence-electron chi connectivity index (χ0n) is 8.66. The van der Waals surface area contributed by atoms with Crippen LogP contribution in [0.2, 0.25) is 0 Å². The Morgan fingerprint density at radius 1 is 0.923 bits per heavy atom. The zero-order chi connectivity index (χ0) is 11.1. The van der Waals surface area contributed by atoms with Gasteiger partial charge in [0.2, 0.25) is 0 Å². The first-order valence-electron chi connectivity index (χ1n) is 4.16. The van der Waals surface area contributed by atoms with Crippen molar-refractivity contribution < 1.29 is 18.3 Å². The van der Waals surface area contributed by atoms with Crippen molar-refractivity contribution in [2.24, 2.45) is 11.3 Å². The van der Waals surface area contributed by atoms with Gasteiger partial charge >= 0.3 is 6.18 Å². The highest BCUT2D eigenvalue weighted by molar-refractivity contribution is 4.91. The number of hydrogen-bond donors (Lipinski definition) is 1. The predicted octanol–water partition coefficient (Wildman–Crippen LogP) is 2.98. The Balaban J connectivity index is 5.02. The van der Waals surface area contributed by atoms with Crippen LogP contribution in [-0.4, -0.2) is 16.9 Å². The third-order valence-corrected chi connectivity index (χ3v) is 1.90. The van der Waals surface area contributed by atoms with Crippen molar-refractivity contribution in [2.75, 3.05) is 0 Å². The molecule has 0 saturated heterocycles. The van der Waals surface area contributed by atoms with Crippen molar-refractivity contribution >= 4 is 0 Å². The lowest BCUT2D eigenvalue weighted by molar-refractivity contribution is -0.247. The zero-order valence-corrected chi connectivity index (χ0v) is 8.66. The van der Waals surface area contributed by atoms with E-state index in [1.807, 2.05) is 0 Å². The molecule has 1 N–H and O–H groups in total. The molecule has 0 fully saturated rings.